The highest BCUT2D eigenvalue weighted by atomic mass is 16.6. The number of methoxy groups -OCH3 is 1. The van der Waals surface area contributed by atoms with Crippen LogP contribution in [0.3, 0.4) is 0 Å². The van der Waals surface area contributed by atoms with Crippen molar-refractivity contribution in [3.05, 3.63) is 108 Å². The highest BCUT2D eigenvalue weighted by molar-refractivity contribution is 5.72. The van der Waals surface area contributed by atoms with Gasteiger partial charge in [0.15, 0.2) is 0 Å². The van der Waals surface area contributed by atoms with Crippen molar-refractivity contribution in [1.29, 1.82) is 0 Å². The number of nitrogens with zero attached hydrogens (tertiary/aromatic N) is 1. The van der Waals surface area contributed by atoms with Crippen LogP contribution in [-0.2, 0) is 25.6 Å². The minimum absolute atomic E-state index is 0.0429. The van der Waals surface area contributed by atoms with Gasteiger partial charge in [-0.15, -0.1) is 0 Å². The van der Waals surface area contributed by atoms with Gasteiger partial charge in [0.1, 0.15) is 12.7 Å². The SMILES string of the molecule is COC(=O)C[C@@H]1O[C@H](c2ccccc2)[C@H](c2ccccc2)N(C(=O)OCc2ccccc2)[C@H]1CC(C)C. The fourth-order valence-corrected chi connectivity index (χ4v) is 5.00. The zero-order valence-corrected chi connectivity index (χ0v) is 21.7. The molecule has 194 valence electrons. The Labute approximate surface area is 219 Å². The van der Waals surface area contributed by atoms with Crippen molar-refractivity contribution in [3.8, 4) is 0 Å². The molecular formula is C31H35NO5. The Morgan fingerprint density at radius 1 is 0.865 bits per heavy atom. The first-order chi connectivity index (χ1) is 18.0. The Balaban J connectivity index is 1.79. The number of carbonyl (C=O) groups is 2. The number of benzene rings is 3. The maximum absolute atomic E-state index is 14.0. The molecule has 1 saturated heterocycles. The number of hydrogen-bond acceptors (Lipinski definition) is 5. The summed E-state index contributed by atoms with van der Waals surface area (Å²) in [7, 11) is 1.37. The van der Waals surface area contributed by atoms with E-state index in [4.69, 9.17) is 14.2 Å². The first kappa shape index (κ1) is 26.4. The molecular weight excluding hydrogens is 466 g/mol. The van der Waals surface area contributed by atoms with Crippen LogP contribution in [0.2, 0.25) is 0 Å². The predicted molar refractivity (Wildman–Crippen MR) is 142 cm³/mol. The number of esters is 1. The summed E-state index contributed by atoms with van der Waals surface area (Å²) in [4.78, 5) is 28.2. The van der Waals surface area contributed by atoms with E-state index in [0.717, 1.165) is 16.7 Å². The van der Waals surface area contributed by atoms with E-state index in [2.05, 4.69) is 13.8 Å². The third-order valence-electron chi connectivity index (χ3n) is 6.69. The van der Waals surface area contributed by atoms with Gasteiger partial charge in [0.05, 0.1) is 31.7 Å². The van der Waals surface area contributed by atoms with Gasteiger partial charge in [-0.2, -0.15) is 0 Å². The molecule has 3 aromatic carbocycles. The molecule has 0 spiro atoms. The topological polar surface area (TPSA) is 65.1 Å². The van der Waals surface area contributed by atoms with E-state index in [0.29, 0.717) is 6.42 Å². The van der Waals surface area contributed by atoms with Crippen LogP contribution in [-0.4, -0.2) is 36.2 Å². The number of ether oxygens (including phenoxy) is 3. The summed E-state index contributed by atoms with van der Waals surface area (Å²) >= 11 is 0. The van der Waals surface area contributed by atoms with Crippen molar-refractivity contribution >= 4 is 12.1 Å². The third-order valence-corrected chi connectivity index (χ3v) is 6.69. The maximum atomic E-state index is 14.0. The van der Waals surface area contributed by atoms with Gasteiger partial charge in [0, 0.05) is 0 Å². The Bertz CT molecular complexity index is 1140. The molecule has 1 fully saturated rings. The van der Waals surface area contributed by atoms with Crippen molar-refractivity contribution < 1.29 is 23.8 Å². The van der Waals surface area contributed by atoms with Gasteiger partial charge >= 0.3 is 12.1 Å². The molecule has 1 amide bonds. The summed E-state index contributed by atoms with van der Waals surface area (Å²) in [6.45, 7) is 4.36. The third kappa shape index (κ3) is 6.57. The molecule has 3 aromatic rings. The highest BCUT2D eigenvalue weighted by Gasteiger charge is 2.48. The molecule has 0 bridgehead atoms. The molecule has 0 radical (unpaired) electrons. The average Bonchev–Trinajstić information content (AvgIpc) is 2.93. The monoisotopic (exact) mass is 501 g/mol. The normalized spacial score (nSPS) is 21.5. The molecule has 0 aliphatic carbocycles. The average molecular weight is 502 g/mol. The molecule has 37 heavy (non-hydrogen) atoms. The van der Waals surface area contributed by atoms with Crippen LogP contribution < -0.4 is 0 Å². The van der Waals surface area contributed by atoms with Crippen LogP contribution in [0.15, 0.2) is 91.0 Å². The number of morpholine rings is 1. The second-order valence-corrected chi connectivity index (χ2v) is 9.79. The van der Waals surface area contributed by atoms with Crippen LogP contribution in [0.4, 0.5) is 4.79 Å². The summed E-state index contributed by atoms with van der Waals surface area (Å²) in [6, 6.07) is 28.5. The molecule has 1 heterocycles. The lowest BCUT2D eigenvalue weighted by molar-refractivity contribution is -0.169. The van der Waals surface area contributed by atoms with Crippen molar-refractivity contribution in [2.45, 2.75) is 57.6 Å². The Morgan fingerprint density at radius 3 is 2.00 bits per heavy atom. The van der Waals surface area contributed by atoms with E-state index in [-0.39, 0.29) is 31.0 Å². The molecule has 0 saturated carbocycles. The Kier molecular flexibility index (Phi) is 8.96. The van der Waals surface area contributed by atoms with Crippen LogP contribution in [0.1, 0.15) is 55.5 Å². The molecule has 1 aliphatic rings. The summed E-state index contributed by atoms with van der Waals surface area (Å²) in [5.41, 5.74) is 2.78. The minimum Gasteiger partial charge on any atom is -0.469 e. The molecule has 0 N–H and O–H groups in total. The fraction of sp³-hybridized carbons (Fsp3) is 0.355. The molecule has 6 heteroatoms. The summed E-state index contributed by atoms with van der Waals surface area (Å²) in [6.07, 6.45) is -0.786. The summed E-state index contributed by atoms with van der Waals surface area (Å²) in [5.74, 6) is -0.121. The van der Waals surface area contributed by atoms with E-state index in [1.54, 1.807) is 0 Å². The van der Waals surface area contributed by atoms with E-state index in [1.165, 1.54) is 7.11 Å². The second-order valence-electron chi connectivity index (χ2n) is 9.79. The quantitative estimate of drug-likeness (QED) is 0.330. The maximum Gasteiger partial charge on any atom is 0.411 e. The molecule has 4 rings (SSSR count). The minimum atomic E-state index is -0.552. The lowest BCUT2D eigenvalue weighted by Crippen LogP contribution is -2.57. The Hall–Kier alpha value is -3.64. The van der Waals surface area contributed by atoms with Gasteiger partial charge < -0.3 is 14.2 Å². The van der Waals surface area contributed by atoms with Crippen molar-refractivity contribution in [1.82, 2.24) is 4.90 Å². The molecule has 0 aromatic heterocycles. The largest absolute Gasteiger partial charge is 0.469 e. The van der Waals surface area contributed by atoms with Crippen molar-refractivity contribution in [2.75, 3.05) is 7.11 Å². The highest BCUT2D eigenvalue weighted by Crippen LogP contribution is 2.46. The fourth-order valence-electron chi connectivity index (χ4n) is 5.00. The molecule has 6 nitrogen and oxygen atoms in total. The summed E-state index contributed by atoms with van der Waals surface area (Å²) in [5, 5.41) is 0. The lowest BCUT2D eigenvalue weighted by atomic mass is 9.86. The van der Waals surface area contributed by atoms with Gasteiger partial charge in [-0.1, -0.05) is 105 Å². The first-order valence-electron chi connectivity index (χ1n) is 12.8. The van der Waals surface area contributed by atoms with Crippen LogP contribution in [0.25, 0.3) is 0 Å². The number of carbonyl (C=O) groups excluding carboxylic acids is 2. The van der Waals surface area contributed by atoms with Gasteiger partial charge in [-0.05, 0) is 29.0 Å². The zero-order chi connectivity index (χ0) is 26.2. The standard InChI is InChI=1S/C31H35NO5/c1-22(2)19-26-27(20-28(33)35-3)37-30(25-17-11-6-12-18-25)29(24-15-9-5-10-16-24)32(26)31(34)36-21-23-13-7-4-8-14-23/h4-18,22,26-27,29-30H,19-21H2,1-3H3/t26-,27-,29-,30+/m0/s1. The van der Waals surface area contributed by atoms with Gasteiger partial charge in [0.2, 0.25) is 0 Å². The summed E-state index contributed by atoms with van der Waals surface area (Å²) < 4.78 is 17.6. The van der Waals surface area contributed by atoms with Crippen molar-refractivity contribution in [3.63, 3.8) is 0 Å². The number of hydrogen-bond donors (Lipinski definition) is 0. The molecule has 1 aliphatic heterocycles. The first-order valence-corrected chi connectivity index (χ1v) is 12.8. The Morgan fingerprint density at radius 2 is 1.43 bits per heavy atom. The number of rotatable bonds is 8. The van der Waals surface area contributed by atoms with E-state index >= 15 is 0 Å². The molecule has 0 unspecified atom stereocenters. The smallest absolute Gasteiger partial charge is 0.411 e. The van der Waals surface area contributed by atoms with E-state index < -0.39 is 24.3 Å². The zero-order valence-electron chi connectivity index (χ0n) is 21.7. The van der Waals surface area contributed by atoms with Gasteiger partial charge in [0.25, 0.3) is 0 Å². The van der Waals surface area contributed by atoms with Crippen molar-refractivity contribution in [2.24, 2.45) is 5.92 Å². The number of amides is 1. The van der Waals surface area contributed by atoms with E-state index in [1.807, 2.05) is 95.9 Å². The predicted octanol–water partition coefficient (Wildman–Crippen LogP) is 6.48. The van der Waals surface area contributed by atoms with Crippen LogP contribution in [0.5, 0.6) is 0 Å². The lowest BCUT2D eigenvalue weighted by Gasteiger charge is -2.50. The van der Waals surface area contributed by atoms with Crippen LogP contribution >= 0.6 is 0 Å². The molecule has 4 atom stereocenters. The van der Waals surface area contributed by atoms with E-state index in [9.17, 15) is 9.59 Å². The van der Waals surface area contributed by atoms with Gasteiger partial charge in [-0.3, -0.25) is 9.69 Å². The van der Waals surface area contributed by atoms with Crippen LogP contribution in [0, 0.1) is 5.92 Å². The second kappa shape index (κ2) is 12.5. The van der Waals surface area contributed by atoms with Gasteiger partial charge in [-0.25, -0.2) is 4.79 Å².